The van der Waals surface area contributed by atoms with Gasteiger partial charge in [0.1, 0.15) is 11.5 Å². The highest BCUT2D eigenvalue weighted by Crippen LogP contribution is 2.23. The Labute approximate surface area is 172 Å². The first-order chi connectivity index (χ1) is 14.5. The van der Waals surface area contributed by atoms with E-state index in [-0.39, 0.29) is 23.1 Å². The quantitative estimate of drug-likeness (QED) is 0.322. The van der Waals surface area contributed by atoms with Crippen molar-refractivity contribution >= 4 is 40.6 Å². The van der Waals surface area contributed by atoms with Crippen LogP contribution in [0.15, 0.2) is 29.4 Å². The first-order valence-corrected chi connectivity index (χ1v) is 9.52. The molecule has 3 heterocycles. The Morgan fingerprint density at radius 3 is 2.50 bits per heavy atom. The van der Waals surface area contributed by atoms with E-state index in [0.29, 0.717) is 22.5 Å². The fourth-order valence-electron chi connectivity index (χ4n) is 2.66. The van der Waals surface area contributed by atoms with E-state index in [0.717, 1.165) is 11.8 Å². The third kappa shape index (κ3) is 3.66. The SMILES string of the molecule is COC(=O)CSc1nc2nnc3c(CC(=O)OC)nn(-c4ccc(F)cc4)c3n2n1. The lowest BCUT2D eigenvalue weighted by Gasteiger charge is -2.03. The number of hydrogen-bond donors (Lipinski definition) is 0. The van der Waals surface area contributed by atoms with E-state index >= 15 is 0 Å². The van der Waals surface area contributed by atoms with Crippen LogP contribution in [0.4, 0.5) is 4.39 Å². The van der Waals surface area contributed by atoms with Crippen LogP contribution in [0.5, 0.6) is 0 Å². The van der Waals surface area contributed by atoms with Gasteiger partial charge in [0.2, 0.25) is 5.16 Å². The predicted octanol–water partition coefficient (Wildman–Crippen LogP) is 0.978. The van der Waals surface area contributed by atoms with Crippen molar-refractivity contribution in [2.24, 2.45) is 0 Å². The minimum absolute atomic E-state index is 0.0226. The molecular weight excluding hydrogens is 417 g/mol. The first-order valence-electron chi connectivity index (χ1n) is 8.53. The van der Waals surface area contributed by atoms with E-state index in [1.165, 1.54) is 47.7 Å². The van der Waals surface area contributed by atoms with Crippen LogP contribution in [0, 0.1) is 5.82 Å². The van der Waals surface area contributed by atoms with Gasteiger partial charge in [0.15, 0.2) is 11.2 Å². The minimum Gasteiger partial charge on any atom is -0.469 e. The molecule has 0 fully saturated rings. The molecule has 0 amide bonds. The van der Waals surface area contributed by atoms with Crippen molar-refractivity contribution < 1.29 is 23.5 Å². The van der Waals surface area contributed by atoms with Crippen LogP contribution < -0.4 is 0 Å². The summed E-state index contributed by atoms with van der Waals surface area (Å²) in [5, 5.41) is 17.3. The van der Waals surface area contributed by atoms with Crippen LogP contribution >= 0.6 is 11.8 Å². The van der Waals surface area contributed by atoms with E-state index in [1.54, 1.807) is 0 Å². The number of carbonyl (C=O) groups excluding carboxylic acids is 2. The van der Waals surface area contributed by atoms with E-state index in [2.05, 4.69) is 30.1 Å². The predicted molar refractivity (Wildman–Crippen MR) is 102 cm³/mol. The normalized spacial score (nSPS) is 11.2. The highest BCUT2D eigenvalue weighted by molar-refractivity contribution is 7.99. The van der Waals surface area contributed by atoms with Crippen LogP contribution in [0.2, 0.25) is 0 Å². The van der Waals surface area contributed by atoms with Gasteiger partial charge < -0.3 is 9.47 Å². The number of esters is 2. The zero-order valence-electron chi connectivity index (χ0n) is 15.8. The smallest absolute Gasteiger partial charge is 0.316 e. The summed E-state index contributed by atoms with van der Waals surface area (Å²) in [4.78, 5) is 27.4. The van der Waals surface area contributed by atoms with Gasteiger partial charge in [-0.05, 0) is 24.3 Å². The monoisotopic (exact) mass is 431 g/mol. The molecule has 154 valence electrons. The summed E-state index contributed by atoms with van der Waals surface area (Å²) < 4.78 is 25.6. The molecule has 4 rings (SSSR count). The molecule has 11 nitrogen and oxygen atoms in total. The Morgan fingerprint density at radius 2 is 1.80 bits per heavy atom. The van der Waals surface area contributed by atoms with E-state index in [9.17, 15) is 14.0 Å². The van der Waals surface area contributed by atoms with Gasteiger partial charge in [-0.3, -0.25) is 9.59 Å². The van der Waals surface area contributed by atoms with Crippen molar-refractivity contribution in [3.63, 3.8) is 0 Å². The maximum atomic E-state index is 13.4. The topological polar surface area (TPSA) is 126 Å². The van der Waals surface area contributed by atoms with E-state index in [4.69, 9.17) is 4.74 Å². The summed E-state index contributed by atoms with van der Waals surface area (Å²) >= 11 is 1.07. The summed E-state index contributed by atoms with van der Waals surface area (Å²) in [5.74, 6) is -1.14. The van der Waals surface area contributed by atoms with Crippen LogP contribution in [0.3, 0.4) is 0 Å². The third-order valence-corrected chi connectivity index (χ3v) is 4.89. The number of thioether (sulfide) groups is 1. The van der Waals surface area contributed by atoms with Gasteiger partial charge in [-0.1, -0.05) is 11.8 Å². The number of benzene rings is 1. The second-order valence-electron chi connectivity index (χ2n) is 5.93. The zero-order chi connectivity index (χ0) is 21.3. The number of rotatable bonds is 6. The molecule has 0 aliphatic carbocycles. The molecule has 0 aliphatic heterocycles. The first kappa shape index (κ1) is 19.7. The van der Waals surface area contributed by atoms with Crippen molar-refractivity contribution in [2.75, 3.05) is 20.0 Å². The summed E-state index contributed by atoms with van der Waals surface area (Å²) in [6.45, 7) is 0. The number of nitrogens with zero attached hydrogens (tertiary/aromatic N) is 7. The lowest BCUT2D eigenvalue weighted by atomic mass is 10.3. The van der Waals surface area contributed by atoms with Crippen LogP contribution in [-0.4, -0.2) is 66.5 Å². The highest BCUT2D eigenvalue weighted by atomic mass is 32.2. The number of aromatic nitrogens is 7. The maximum absolute atomic E-state index is 13.4. The molecule has 0 saturated carbocycles. The van der Waals surface area contributed by atoms with E-state index < -0.39 is 17.8 Å². The minimum atomic E-state index is -0.504. The third-order valence-electron chi connectivity index (χ3n) is 4.07. The lowest BCUT2D eigenvalue weighted by Crippen LogP contribution is -2.06. The van der Waals surface area contributed by atoms with Gasteiger partial charge in [-0.15, -0.1) is 15.3 Å². The number of methoxy groups -OCH3 is 2. The zero-order valence-corrected chi connectivity index (χ0v) is 16.6. The average molecular weight is 431 g/mol. The number of ether oxygens (including phenoxy) is 2. The van der Waals surface area contributed by atoms with Gasteiger partial charge in [-0.25, -0.2) is 9.07 Å². The van der Waals surface area contributed by atoms with Crippen molar-refractivity contribution in [3.8, 4) is 5.69 Å². The maximum Gasteiger partial charge on any atom is 0.316 e. The summed E-state index contributed by atoms with van der Waals surface area (Å²) in [6, 6.07) is 5.63. The van der Waals surface area contributed by atoms with Crippen molar-refractivity contribution in [3.05, 3.63) is 35.8 Å². The Balaban J connectivity index is 1.88. The molecule has 13 heteroatoms. The molecule has 0 spiro atoms. The molecule has 4 aromatic rings. The molecule has 0 atom stereocenters. The van der Waals surface area contributed by atoms with Crippen LogP contribution in [0.25, 0.3) is 22.6 Å². The molecule has 0 unspecified atom stereocenters. The van der Waals surface area contributed by atoms with Crippen molar-refractivity contribution in [1.82, 2.24) is 34.6 Å². The average Bonchev–Trinajstić information content (AvgIpc) is 3.33. The highest BCUT2D eigenvalue weighted by Gasteiger charge is 2.22. The summed E-state index contributed by atoms with van der Waals surface area (Å²) in [5.41, 5.74) is 1.52. The Morgan fingerprint density at radius 1 is 1.07 bits per heavy atom. The van der Waals surface area contributed by atoms with Gasteiger partial charge in [0.25, 0.3) is 5.78 Å². The molecule has 0 N–H and O–H groups in total. The molecular formula is C17H14FN7O4S. The molecule has 3 aromatic heterocycles. The van der Waals surface area contributed by atoms with Crippen molar-refractivity contribution in [1.29, 1.82) is 0 Å². The number of carbonyl (C=O) groups is 2. The number of fused-ring (bicyclic) bond motifs is 3. The number of halogens is 1. The second-order valence-corrected chi connectivity index (χ2v) is 6.87. The molecule has 30 heavy (non-hydrogen) atoms. The standard InChI is InChI=1S/C17H14FN7O4S/c1-28-12(26)7-11-14-15(24(22-11)10-5-3-9(18)4-6-10)25-16(21-20-14)19-17(23-25)30-8-13(27)29-2/h3-6H,7-8H2,1-2H3. The Hall–Kier alpha value is -3.61. The van der Waals surface area contributed by atoms with E-state index in [1.807, 2.05) is 0 Å². The lowest BCUT2D eigenvalue weighted by molar-refractivity contribution is -0.140. The second kappa shape index (κ2) is 8.02. The fourth-order valence-corrected chi connectivity index (χ4v) is 3.31. The van der Waals surface area contributed by atoms with Crippen LogP contribution in [0.1, 0.15) is 5.69 Å². The fraction of sp³-hybridized carbons (Fsp3) is 0.235. The summed E-state index contributed by atoms with van der Waals surface area (Å²) in [6.07, 6.45) is -0.139. The number of hydrogen-bond acceptors (Lipinski definition) is 10. The molecule has 1 aromatic carbocycles. The summed E-state index contributed by atoms with van der Waals surface area (Å²) in [7, 11) is 2.56. The van der Waals surface area contributed by atoms with Gasteiger partial charge in [0, 0.05) is 0 Å². The van der Waals surface area contributed by atoms with Gasteiger partial charge in [-0.2, -0.15) is 14.6 Å². The van der Waals surface area contributed by atoms with Crippen molar-refractivity contribution in [2.45, 2.75) is 11.6 Å². The molecule has 0 radical (unpaired) electrons. The Bertz CT molecular complexity index is 1250. The van der Waals surface area contributed by atoms with Gasteiger partial charge >= 0.3 is 11.9 Å². The van der Waals surface area contributed by atoms with Gasteiger partial charge in [0.05, 0.1) is 32.1 Å². The molecule has 0 aliphatic rings. The molecule has 0 bridgehead atoms. The Kier molecular flexibility index (Phi) is 5.27. The largest absolute Gasteiger partial charge is 0.469 e. The molecule has 0 saturated heterocycles. The van der Waals surface area contributed by atoms with Crippen LogP contribution in [-0.2, 0) is 25.5 Å².